The number of aromatic nitrogens is 4. The molecule has 4 rings (SSSR count). The molecule has 0 aliphatic rings. The van der Waals surface area contributed by atoms with Gasteiger partial charge in [-0.05, 0) is 30.3 Å². The first-order chi connectivity index (χ1) is 15.0. The Morgan fingerprint density at radius 2 is 1.71 bits per heavy atom. The van der Waals surface area contributed by atoms with Crippen LogP contribution in [0.2, 0.25) is 5.02 Å². The molecule has 4 aromatic rings. The summed E-state index contributed by atoms with van der Waals surface area (Å²) in [6, 6.07) is 14.2. The van der Waals surface area contributed by atoms with Crippen LogP contribution in [0, 0.1) is 0 Å². The maximum Gasteiger partial charge on any atom is 0.357 e. The number of halogens is 1. The Kier molecular flexibility index (Phi) is 5.55. The molecule has 0 aliphatic carbocycles. The Morgan fingerprint density at radius 3 is 2.32 bits per heavy atom. The summed E-state index contributed by atoms with van der Waals surface area (Å²) in [5.74, 6) is -1.46. The first kappa shape index (κ1) is 20.4. The van der Waals surface area contributed by atoms with E-state index in [2.05, 4.69) is 10.1 Å². The standard InChI is InChI=1S/C22H17ClN4O4/c1-30-21(28)18-19(16-9-8-15(12-17(16)23)26-11-10-24-13-26)25-27(20(18)22(29)31-2)14-6-4-3-5-7-14/h3-13H,1-2H3. The average Bonchev–Trinajstić information content (AvgIpc) is 3.47. The molecule has 0 spiro atoms. The number of esters is 2. The van der Waals surface area contributed by atoms with Gasteiger partial charge in [0.2, 0.25) is 0 Å². The molecule has 0 N–H and O–H groups in total. The molecule has 0 atom stereocenters. The lowest BCUT2D eigenvalue weighted by Gasteiger charge is -2.08. The van der Waals surface area contributed by atoms with Crippen LogP contribution in [0.4, 0.5) is 0 Å². The van der Waals surface area contributed by atoms with Gasteiger partial charge in [0.1, 0.15) is 11.3 Å². The summed E-state index contributed by atoms with van der Waals surface area (Å²) in [4.78, 5) is 29.4. The van der Waals surface area contributed by atoms with Crippen LogP contribution in [0.1, 0.15) is 20.8 Å². The molecule has 0 aliphatic heterocycles. The molecule has 2 heterocycles. The molecule has 2 aromatic carbocycles. The summed E-state index contributed by atoms with van der Waals surface area (Å²) in [5, 5.41) is 4.89. The molecule has 0 radical (unpaired) electrons. The van der Waals surface area contributed by atoms with Gasteiger partial charge in [0.15, 0.2) is 5.69 Å². The number of ether oxygens (including phenoxy) is 2. The van der Waals surface area contributed by atoms with E-state index in [1.54, 1.807) is 59.7 Å². The Bertz CT molecular complexity index is 1250. The largest absolute Gasteiger partial charge is 0.465 e. The highest BCUT2D eigenvalue weighted by Gasteiger charge is 2.32. The van der Waals surface area contributed by atoms with E-state index in [9.17, 15) is 9.59 Å². The van der Waals surface area contributed by atoms with Crippen LogP contribution in [-0.4, -0.2) is 45.5 Å². The molecule has 0 amide bonds. The summed E-state index contributed by atoms with van der Waals surface area (Å²) in [7, 11) is 2.47. The molecule has 9 heteroatoms. The zero-order chi connectivity index (χ0) is 22.0. The van der Waals surface area contributed by atoms with Crippen LogP contribution in [0.25, 0.3) is 22.6 Å². The number of carbonyl (C=O) groups excluding carboxylic acids is 2. The molecule has 31 heavy (non-hydrogen) atoms. The predicted molar refractivity (Wildman–Crippen MR) is 114 cm³/mol. The van der Waals surface area contributed by atoms with Crippen molar-refractivity contribution in [3.8, 4) is 22.6 Å². The van der Waals surface area contributed by atoms with Gasteiger partial charge in [-0.3, -0.25) is 0 Å². The Balaban J connectivity index is 1.97. The Morgan fingerprint density at radius 1 is 0.968 bits per heavy atom. The number of benzene rings is 2. The molecule has 2 aromatic heterocycles. The minimum atomic E-state index is -0.729. The third-order valence-electron chi connectivity index (χ3n) is 4.66. The minimum absolute atomic E-state index is 0.0320. The van der Waals surface area contributed by atoms with Crippen molar-refractivity contribution in [2.45, 2.75) is 0 Å². The van der Waals surface area contributed by atoms with Crippen molar-refractivity contribution in [1.82, 2.24) is 19.3 Å². The highest BCUT2D eigenvalue weighted by atomic mass is 35.5. The second-order valence-corrected chi connectivity index (χ2v) is 6.84. The highest BCUT2D eigenvalue weighted by Crippen LogP contribution is 2.34. The summed E-state index contributed by atoms with van der Waals surface area (Å²) in [6.07, 6.45) is 5.08. The zero-order valence-electron chi connectivity index (χ0n) is 16.7. The average molecular weight is 437 g/mol. The monoisotopic (exact) mass is 436 g/mol. The van der Waals surface area contributed by atoms with E-state index in [4.69, 9.17) is 21.1 Å². The van der Waals surface area contributed by atoms with Crippen LogP contribution in [0.5, 0.6) is 0 Å². The fourth-order valence-corrected chi connectivity index (χ4v) is 3.48. The normalized spacial score (nSPS) is 10.7. The molecule has 0 saturated carbocycles. The van der Waals surface area contributed by atoms with Crippen LogP contribution >= 0.6 is 11.6 Å². The van der Waals surface area contributed by atoms with Gasteiger partial charge in [-0.25, -0.2) is 19.3 Å². The predicted octanol–water partition coefficient (Wildman–Crippen LogP) is 3.95. The van der Waals surface area contributed by atoms with Crippen molar-refractivity contribution in [2.24, 2.45) is 0 Å². The van der Waals surface area contributed by atoms with Crippen molar-refractivity contribution >= 4 is 23.5 Å². The fraction of sp³-hybridized carbons (Fsp3) is 0.0909. The van der Waals surface area contributed by atoms with Crippen molar-refractivity contribution < 1.29 is 19.1 Å². The lowest BCUT2D eigenvalue weighted by molar-refractivity contribution is 0.0549. The van der Waals surface area contributed by atoms with Crippen molar-refractivity contribution in [3.63, 3.8) is 0 Å². The van der Waals surface area contributed by atoms with E-state index in [1.807, 2.05) is 12.1 Å². The number of rotatable bonds is 5. The Hall–Kier alpha value is -3.91. The lowest BCUT2D eigenvalue weighted by Crippen LogP contribution is -2.15. The first-order valence-electron chi connectivity index (χ1n) is 9.18. The number of imidazole rings is 1. The van der Waals surface area contributed by atoms with Gasteiger partial charge in [-0.1, -0.05) is 29.8 Å². The number of para-hydroxylation sites is 1. The van der Waals surface area contributed by atoms with Crippen molar-refractivity contribution in [2.75, 3.05) is 14.2 Å². The molecule has 0 bridgehead atoms. The number of hydrogen-bond donors (Lipinski definition) is 0. The molecule has 0 saturated heterocycles. The Labute approximate surface area is 182 Å². The first-order valence-corrected chi connectivity index (χ1v) is 9.56. The smallest absolute Gasteiger partial charge is 0.357 e. The van der Waals surface area contributed by atoms with Gasteiger partial charge >= 0.3 is 11.9 Å². The van der Waals surface area contributed by atoms with Crippen LogP contribution in [0.15, 0.2) is 67.3 Å². The molecule has 0 unspecified atom stereocenters. The lowest BCUT2D eigenvalue weighted by atomic mass is 10.0. The van der Waals surface area contributed by atoms with E-state index >= 15 is 0 Å². The maximum absolute atomic E-state index is 12.7. The molecule has 156 valence electrons. The second kappa shape index (κ2) is 8.45. The topological polar surface area (TPSA) is 88.2 Å². The summed E-state index contributed by atoms with van der Waals surface area (Å²) >= 11 is 6.57. The van der Waals surface area contributed by atoms with Gasteiger partial charge in [0, 0.05) is 23.6 Å². The molecule has 0 fully saturated rings. The number of nitrogens with zero attached hydrogens (tertiary/aromatic N) is 4. The maximum atomic E-state index is 12.7. The van der Waals surface area contributed by atoms with E-state index in [0.29, 0.717) is 16.3 Å². The second-order valence-electron chi connectivity index (χ2n) is 6.44. The van der Waals surface area contributed by atoms with Crippen molar-refractivity contribution in [1.29, 1.82) is 0 Å². The zero-order valence-corrected chi connectivity index (χ0v) is 17.4. The third kappa shape index (κ3) is 3.69. The highest BCUT2D eigenvalue weighted by molar-refractivity contribution is 6.33. The van der Waals surface area contributed by atoms with Crippen molar-refractivity contribution in [3.05, 3.63) is 83.5 Å². The molecular formula is C22H17ClN4O4. The third-order valence-corrected chi connectivity index (χ3v) is 4.98. The quantitative estimate of drug-likeness (QED) is 0.440. The van der Waals surface area contributed by atoms with Crippen LogP contribution < -0.4 is 0 Å². The summed E-state index contributed by atoms with van der Waals surface area (Å²) < 4.78 is 13.0. The van der Waals surface area contributed by atoms with Crippen LogP contribution in [-0.2, 0) is 9.47 Å². The SMILES string of the molecule is COC(=O)c1c(-c2ccc(-n3ccnc3)cc2Cl)nn(-c2ccccc2)c1C(=O)OC. The number of carbonyl (C=O) groups is 2. The van der Waals surface area contributed by atoms with E-state index in [0.717, 1.165) is 5.69 Å². The number of hydrogen-bond acceptors (Lipinski definition) is 6. The fourth-order valence-electron chi connectivity index (χ4n) is 3.21. The van der Waals surface area contributed by atoms with E-state index in [1.165, 1.54) is 18.9 Å². The van der Waals surface area contributed by atoms with Gasteiger partial charge in [0.25, 0.3) is 0 Å². The minimum Gasteiger partial charge on any atom is -0.465 e. The van der Waals surface area contributed by atoms with E-state index in [-0.39, 0.29) is 17.0 Å². The van der Waals surface area contributed by atoms with E-state index < -0.39 is 11.9 Å². The van der Waals surface area contributed by atoms with Gasteiger partial charge in [-0.15, -0.1) is 0 Å². The number of methoxy groups -OCH3 is 2. The summed E-state index contributed by atoms with van der Waals surface area (Å²) in [5.41, 5.74) is 1.94. The summed E-state index contributed by atoms with van der Waals surface area (Å²) in [6.45, 7) is 0. The van der Waals surface area contributed by atoms with Gasteiger partial charge in [0.05, 0.1) is 31.3 Å². The molecule has 8 nitrogen and oxygen atoms in total. The van der Waals surface area contributed by atoms with Gasteiger partial charge in [-0.2, -0.15) is 5.10 Å². The van der Waals surface area contributed by atoms with Crippen LogP contribution in [0.3, 0.4) is 0 Å². The van der Waals surface area contributed by atoms with Gasteiger partial charge < -0.3 is 14.0 Å². The molecular weight excluding hydrogens is 420 g/mol.